The molecule has 0 saturated carbocycles. The Labute approximate surface area is 79.0 Å². The number of sulfone groups is 1. The molecule has 0 aliphatic heterocycles. The van der Waals surface area contributed by atoms with E-state index in [0.717, 1.165) is 16.8 Å². The summed E-state index contributed by atoms with van der Waals surface area (Å²) in [5, 5.41) is 12.8. The van der Waals surface area contributed by atoms with Gasteiger partial charge >= 0.3 is 0 Å². The molecule has 0 aliphatic carbocycles. The predicted octanol–water partition coefficient (Wildman–Crippen LogP) is -0.767. The molecule has 2 rings (SSSR count). The van der Waals surface area contributed by atoms with Gasteiger partial charge in [0.15, 0.2) is 14.9 Å². The highest BCUT2D eigenvalue weighted by molar-refractivity contribution is 7.90. The second-order valence-electron chi connectivity index (χ2n) is 2.70. The zero-order chi connectivity index (χ0) is 10.3. The Balaban J connectivity index is 2.83. The SMILES string of the molecule is CS(=O)(=O)c1cc(O)n2ncnc2n1. The molecule has 0 atom stereocenters. The van der Waals surface area contributed by atoms with E-state index in [1.165, 1.54) is 6.33 Å². The summed E-state index contributed by atoms with van der Waals surface area (Å²) in [6.45, 7) is 0. The summed E-state index contributed by atoms with van der Waals surface area (Å²) in [7, 11) is -3.45. The van der Waals surface area contributed by atoms with Gasteiger partial charge in [0.25, 0.3) is 5.78 Å². The molecule has 0 bridgehead atoms. The van der Waals surface area contributed by atoms with Crippen LogP contribution in [0.5, 0.6) is 5.88 Å². The normalized spacial score (nSPS) is 12.1. The van der Waals surface area contributed by atoms with Crippen molar-refractivity contribution < 1.29 is 13.5 Å². The Kier molecular flexibility index (Phi) is 1.68. The van der Waals surface area contributed by atoms with Crippen LogP contribution in [-0.2, 0) is 9.84 Å². The van der Waals surface area contributed by atoms with E-state index in [4.69, 9.17) is 0 Å². The van der Waals surface area contributed by atoms with Gasteiger partial charge in [0.05, 0.1) is 0 Å². The lowest BCUT2D eigenvalue weighted by Gasteiger charge is -1.99. The number of hydrogen-bond acceptors (Lipinski definition) is 6. The second kappa shape index (κ2) is 2.64. The minimum Gasteiger partial charge on any atom is -0.493 e. The standard InChI is InChI=1S/C6H6N4O3S/c1-14(12,13)4-2-5(11)10-6(9-4)7-3-8-10/h2-3,11H,1H3. The molecule has 0 spiro atoms. The Morgan fingerprint density at radius 1 is 1.50 bits per heavy atom. The van der Waals surface area contributed by atoms with Crippen LogP contribution in [0.1, 0.15) is 0 Å². The van der Waals surface area contributed by atoms with Crippen LogP contribution in [0.2, 0.25) is 0 Å². The molecule has 0 aromatic carbocycles. The van der Waals surface area contributed by atoms with Gasteiger partial charge in [-0.15, -0.1) is 0 Å². The van der Waals surface area contributed by atoms with Crippen LogP contribution in [0.15, 0.2) is 17.4 Å². The molecule has 1 N–H and O–H groups in total. The highest BCUT2D eigenvalue weighted by Gasteiger charge is 2.13. The number of fused-ring (bicyclic) bond motifs is 1. The zero-order valence-corrected chi connectivity index (χ0v) is 7.93. The van der Waals surface area contributed by atoms with E-state index in [2.05, 4.69) is 15.1 Å². The van der Waals surface area contributed by atoms with Crippen molar-refractivity contribution >= 4 is 15.6 Å². The summed E-state index contributed by atoms with van der Waals surface area (Å²) < 4.78 is 23.3. The summed E-state index contributed by atoms with van der Waals surface area (Å²) in [6, 6.07) is 1.02. The third kappa shape index (κ3) is 1.29. The fourth-order valence-corrected chi connectivity index (χ4v) is 1.53. The monoisotopic (exact) mass is 214 g/mol. The Bertz CT molecular complexity index is 588. The van der Waals surface area contributed by atoms with E-state index in [-0.39, 0.29) is 16.7 Å². The second-order valence-corrected chi connectivity index (χ2v) is 4.66. The molecule has 2 aromatic rings. The smallest absolute Gasteiger partial charge is 0.256 e. The minimum atomic E-state index is -3.45. The molecule has 14 heavy (non-hydrogen) atoms. The molecule has 2 aromatic heterocycles. The molecule has 0 aliphatic rings. The molecule has 0 radical (unpaired) electrons. The molecule has 0 unspecified atom stereocenters. The molecule has 2 heterocycles. The first-order valence-corrected chi connectivity index (χ1v) is 5.47. The first-order valence-electron chi connectivity index (χ1n) is 3.58. The van der Waals surface area contributed by atoms with Crippen molar-refractivity contribution in [3.63, 3.8) is 0 Å². The summed E-state index contributed by atoms with van der Waals surface area (Å²) >= 11 is 0. The highest BCUT2D eigenvalue weighted by Crippen LogP contribution is 2.14. The van der Waals surface area contributed by atoms with Gasteiger partial charge in [0.2, 0.25) is 5.88 Å². The summed E-state index contributed by atoms with van der Waals surface area (Å²) in [6.07, 6.45) is 2.18. The van der Waals surface area contributed by atoms with Crippen LogP contribution >= 0.6 is 0 Å². The predicted molar refractivity (Wildman–Crippen MR) is 45.6 cm³/mol. The van der Waals surface area contributed by atoms with Crippen molar-refractivity contribution in [1.82, 2.24) is 19.6 Å². The molecule has 0 saturated heterocycles. The van der Waals surface area contributed by atoms with Gasteiger partial charge in [0.1, 0.15) is 6.33 Å². The van der Waals surface area contributed by atoms with Gasteiger partial charge in [-0.2, -0.15) is 19.6 Å². The lowest BCUT2D eigenvalue weighted by atomic mass is 10.6. The third-order valence-corrected chi connectivity index (χ3v) is 2.56. The fourth-order valence-electron chi connectivity index (χ4n) is 0.966. The molecular weight excluding hydrogens is 208 g/mol. The Morgan fingerprint density at radius 3 is 2.86 bits per heavy atom. The number of aromatic hydroxyl groups is 1. The third-order valence-electron chi connectivity index (χ3n) is 1.59. The van der Waals surface area contributed by atoms with E-state index in [1.807, 2.05) is 0 Å². The van der Waals surface area contributed by atoms with E-state index in [1.54, 1.807) is 0 Å². The maximum absolute atomic E-state index is 11.1. The maximum atomic E-state index is 11.1. The van der Waals surface area contributed by atoms with Crippen LogP contribution in [-0.4, -0.2) is 39.4 Å². The van der Waals surface area contributed by atoms with Gasteiger partial charge in [-0.25, -0.2) is 8.42 Å². The number of rotatable bonds is 1. The van der Waals surface area contributed by atoms with Crippen LogP contribution in [0.25, 0.3) is 5.78 Å². The maximum Gasteiger partial charge on any atom is 0.256 e. The number of aromatic nitrogens is 4. The largest absolute Gasteiger partial charge is 0.493 e. The molecule has 7 nitrogen and oxygen atoms in total. The van der Waals surface area contributed by atoms with E-state index < -0.39 is 9.84 Å². The topological polar surface area (TPSA) is 97.5 Å². The van der Waals surface area contributed by atoms with E-state index >= 15 is 0 Å². The average molecular weight is 214 g/mol. The van der Waals surface area contributed by atoms with Crippen molar-refractivity contribution in [2.24, 2.45) is 0 Å². The van der Waals surface area contributed by atoms with Crippen LogP contribution in [0, 0.1) is 0 Å². The minimum absolute atomic E-state index is 0.0467. The Hall–Kier alpha value is -1.70. The van der Waals surface area contributed by atoms with Crippen molar-refractivity contribution in [2.45, 2.75) is 5.03 Å². The van der Waals surface area contributed by atoms with Crippen molar-refractivity contribution in [1.29, 1.82) is 0 Å². The summed E-state index contributed by atoms with van der Waals surface area (Å²) in [5.41, 5.74) is 0. The number of hydrogen-bond donors (Lipinski definition) is 1. The van der Waals surface area contributed by atoms with Crippen LogP contribution in [0.3, 0.4) is 0 Å². The van der Waals surface area contributed by atoms with E-state index in [0.29, 0.717) is 0 Å². The average Bonchev–Trinajstić information content (AvgIpc) is 2.50. The summed E-state index contributed by atoms with van der Waals surface area (Å²) in [5.74, 6) is -0.265. The fraction of sp³-hybridized carbons (Fsp3) is 0.167. The first kappa shape index (κ1) is 8.88. The Morgan fingerprint density at radius 2 is 2.21 bits per heavy atom. The van der Waals surface area contributed by atoms with Crippen LogP contribution in [0.4, 0.5) is 0 Å². The number of nitrogens with zero attached hydrogens (tertiary/aromatic N) is 4. The lowest BCUT2D eigenvalue weighted by Crippen LogP contribution is -2.03. The van der Waals surface area contributed by atoms with Crippen LogP contribution < -0.4 is 0 Å². The van der Waals surface area contributed by atoms with E-state index in [9.17, 15) is 13.5 Å². The quantitative estimate of drug-likeness (QED) is 0.626. The van der Waals surface area contributed by atoms with Gasteiger partial charge in [-0.05, 0) is 0 Å². The zero-order valence-electron chi connectivity index (χ0n) is 7.12. The molecule has 74 valence electrons. The van der Waals surface area contributed by atoms with Crippen molar-refractivity contribution in [3.05, 3.63) is 12.4 Å². The lowest BCUT2D eigenvalue weighted by molar-refractivity contribution is 0.432. The first-order chi connectivity index (χ1) is 6.48. The highest BCUT2D eigenvalue weighted by atomic mass is 32.2. The molecule has 0 fully saturated rings. The van der Waals surface area contributed by atoms with Gasteiger partial charge in [0, 0.05) is 12.3 Å². The summed E-state index contributed by atoms with van der Waals surface area (Å²) in [4.78, 5) is 7.38. The van der Waals surface area contributed by atoms with Crippen molar-refractivity contribution in [3.8, 4) is 5.88 Å². The van der Waals surface area contributed by atoms with Crippen molar-refractivity contribution in [2.75, 3.05) is 6.26 Å². The molecule has 0 amide bonds. The van der Waals surface area contributed by atoms with Gasteiger partial charge in [-0.3, -0.25) is 0 Å². The molecular formula is C6H6N4O3S. The van der Waals surface area contributed by atoms with Gasteiger partial charge < -0.3 is 5.11 Å². The van der Waals surface area contributed by atoms with Gasteiger partial charge in [-0.1, -0.05) is 0 Å². The molecule has 8 heteroatoms.